The van der Waals surface area contributed by atoms with E-state index in [0.717, 1.165) is 22.0 Å². The van der Waals surface area contributed by atoms with E-state index < -0.39 is 83.4 Å². The number of nitrogens with one attached hydrogen (secondary N) is 1. The minimum Gasteiger partial charge on any atom is -0.458 e. The van der Waals surface area contributed by atoms with Crippen LogP contribution in [0.25, 0.3) is 17.0 Å². The van der Waals surface area contributed by atoms with Gasteiger partial charge in [-0.05, 0) is 77.3 Å². The highest BCUT2D eigenvalue weighted by Crippen LogP contribution is 2.40. The number of Topliss-reactive ketones (excluding diaryl/α,β-unsaturated/α-hetero) is 2. The minimum atomic E-state index is -1.39. The first kappa shape index (κ1) is 46.0. The van der Waals surface area contributed by atoms with Crippen LogP contribution in [-0.2, 0) is 44.6 Å². The van der Waals surface area contributed by atoms with Crippen LogP contribution in [0.5, 0.6) is 0 Å². The van der Waals surface area contributed by atoms with Crippen molar-refractivity contribution < 1.29 is 48.0 Å². The van der Waals surface area contributed by atoms with E-state index in [4.69, 9.17) is 23.7 Å². The van der Waals surface area contributed by atoms with Gasteiger partial charge in [0.05, 0.1) is 36.0 Å². The highest BCUT2D eigenvalue weighted by Gasteiger charge is 2.57. The van der Waals surface area contributed by atoms with Crippen LogP contribution < -0.4 is 5.32 Å². The summed E-state index contributed by atoms with van der Waals surface area (Å²) in [6.07, 6.45) is 0.890. The maximum absolute atomic E-state index is 14.6. The van der Waals surface area contributed by atoms with E-state index in [2.05, 4.69) is 15.2 Å². The molecule has 3 aliphatic heterocycles. The van der Waals surface area contributed by atoms with Gasteiger partial charge >= 0.3 is 12.1 Å². The number of cyclic esters (lactones) is 1. The highest BCUT2D eigenvalue weighted by molar-refractivity contribution is 6.00. The monoisotopic (exact) mass is 841 g/mol. The van der Waals surface area contributed by atoms with Gasteiger partial charge in [0.2, 0.25) is 0 Å². The fourth-order valence-corrected chi connectivity index (χ4v) is 9.64. The first-order chi connectivity index (χ1) is 28.9. The quantitative estimate of drug-likeness (QED) is 0.165. The van der Waals surface area contributed by atoms with Crippen molar-refractivity contribution in [3.05, 3.63) is 84.1 Å². The number of aromatic nitrogens is 1. The Morgan fingerprint density at radius 3 is 2.39 bits per heavy atom. The van der Waals surface area contributed by atoms with Crippen LogP contribution >= 0.6 is 0 Å². The molecule has 13 atom stereocenters. The van der Waals surface area contributed by atoms with Crippen molar-refractivity contribution >= 4 is 40.6 Å². The third kappa shape index (κ3) is 10.1. The largest absolute Gasteiger partial charge is 0.458 e. The maximum Gasteiger partial charge on any atom is 0.408 e. The Kier molecular flexibility index (Phi) is 14.5. The van der Waals surface area contributed by atoms with Crippen LogP contribution in [-0.4, -0.2) is 106 Å². The molecule has 0 aliphatic carbocycles. The lowest BCUT2D eigenvalue weighted by molar-refractivity contribution is -0.297. The number of pyridine rings is 1. The number of nitrogens with zero attached hydrogens (tertiary/aromatic N) is 2. The number of ether oxygens (including phenoxy) is 5. The van der Waals surface area contributed by atoms with Crippen molar-refractivity contribution in [1.29, 1.82) is 0 Å². The number of aliphatic hydroxyl groups excluding tert-OH is 1. The molecular weight excluding hydrogens is 779 g/mol. The molecule has 1 aromatic heterocycles. The summed E-state index contributed by atoms with van der Waals surface area (Å²) in [6.45, 7) is 14.5. The smallest absolute Gasteiger partial charge is 0.408 e. The van der Waals surface area contributed by atoms with Crippen molar-refractivity contribution in [3.63, 3.8) is 0 Å². The first-order valence-electron chi connectivity index (χ1n) is 21.6. The summed E-state index contributed by atoms with van der Waals surface area (Å²) in [6, 6.07) is 18.6. The van der Waals surface area contributed by atoms with Gasteiger partial charge in [0, 0.05) is 41.9 Å². The minimum absolute atomic E-state index is 0.0495. The van der Waals surface area contributed by atoms with Gasteiger partial charge in [0.15, 0.2) is 17.7 Å². The Morgan fingerprint density at radius 1 is 0.967 bits per heavy atom. The fourth-order valence-electron chi connectivity index (χ4n) is 9.64. The zero-order valence-corrected chi connectivity index (χ0v) is 36.9. The van der Waals surface area contributed by atoms with Crippen molar-refractivity contribution in [2.45, 2.75) is 135 Å². The van der Waals surface area contributed by atoms with Gasteiger partial charge < -0.3 is 34.1 Å². The topological polar surface area (TPSA) is 163 Å². The van der Waals surface area contributed by atoms with Gasteiger partial charge in [-0.3, -0.25) is 24.3 Å². The molecule has 13 nitrogen and oxygen atoms in total. The lowest BCUT2D eigenvalue weighted by Gasteiger charge is -2.47. The standard InChI is InChI=1S/C48H63N3O10/c1-10-38-48(8)42(50-46(56)61-48)30(4)39(52)28(2)25-47(7,57-22-16-19-34-24-35-20-14-15-21-36(35)49-26-34)43(31(5)40(53)32(6)44(55)59-38)60-45-41(54)37(23-29(3)58-45)51(9)27-33-17-12-11-13-18-33/h11-21,24,26,28-32,37-38,41-43,45,54H,10,22-23,25,27H2,1-9H3,(H,50,56)/b19-16+/t28-,29-,30-,31+,32-,37+,38+,41-,42-,43-,45?,47+,48-/m1/s1. The molecule has 0 saturated carbocycles. The molecule has 1 amide bonds. The number of ketones is 2. The predicted molar refractivity (Wildman–Crippen MR) is 230 cm³/mol. The molecule has 13 heteroatoms. The molecule has 2 N–H and O–H groups in total. The lowest BCUT2D eigenvalue weighted by Crippen LogP contribution is -2.60. The Hall–Kier alpha value is -4.53. The molecule has 4 heterocycles. The molecule has 3 fully saturated rings. The maximum atomic E-state index is 14.6. The molecule has 0 spiro atoms. The van der Waals surface area contributed by atoms with Crippen LogP contribution in [0.2, 0.25) is 0 Å². The Bertz CT molecular complexity index is 2060. The average Bonchev–Trinajstić information content (AvgIpc) is 3.56. The number of esters is 1. The molecule has 330 valence electrons. The van der Waals surface area contributed by atoms with E-state index in [0.29, 0.717) is 13.0 Å². The van der Waals surface area contributed by atoms with Gasteiger partial charge in [-0.25, -0.2) is 4.79 Å². The molecule has 0 bridgehead atoms. The predicted octanol–water partition coefficient (Wildman–Crippen LogP) is 6.68. The van der Waals surface area contributed by atoms with E-state index in [1.807, 2.05) is 86.8 Å². The van der Waals surface area contributed by atoms with Crippen LogP contribution in [0.15, 0.2) is 72.9 Å². The number of carbonyl (C=O) groups excluding carboxylic acids is 4. The molecule has 0 radical (unpaired) electrons. The molecule has 3 saturated heterocycles. The zero-order chi connectivity index (χ0) is 44.2. The van der Waals surface area contributed by atoms with Gasteiger partial charge in [0.1, 0.15) is 23.9 Å². The number of hydrogen-bond donors (Lipinski definition) is 2. The van der Waals surface area contributed by atoms with Crippen molar-refractivity contribution in [2.75, 3.05) is 13.7 Å². The van der Waals surface area contributed by atoms with E-state index in [-0.39, 0.29) is 37.4 Å². The van der Waals surface area contributed by atoms with Gasteiger partial charge in [-0.15, -0.1) is 0 Å². The fraction of sp³-hybridized carbons (Fsp3) is 0.562. The highest BCUT2D eigenvalue weighted by atomic mass is 16.7. The number of aliphatic hydroxyl groups is 1. The number of likely N-dealkylation sites (N-methyl/N-ethyl adjacent to an activating group) is 1. The average molecular weight is 842 g/mol. The SMILES string of the molecule is CC[C@@H]1OC(=O)[C@H](C)C(=O)[C@H](C)[C@@H](OC2O[C@H](C)C[C@H](N(C)Cc3ccccc3)[C@H]2O)[C@@](C)(OC/C=C/c2cnc3ccccc3c2)C[C@@H](C)C(=O)[C@@H](C)[C@H]2NC(=O)O[C@]12C. The van der Waals surface area contributed by atoms with E-state index in [1.54, 1.807) is 47.7 Å². The van der Waals surface area contributed by atoms with E-state index in [9.17, 15) is 24.3 Å². The van der Waals surface area contributed by atoms with E-state index in [1.165, 1.54) is 6.92 Å². The second-order valence-electron chi connectivity index (χ2n) is 17.8. The zero-order valence-electron chi connectivity index (χ0n) is 36.9. The third-order valence-electron chi connectivity index (χ3n) is 13.1. The summed E-state index contributed by atoms with van der Waals surface area (Å²) in [4.78, 5) is 62.6. The molecular formula is C48H63N3O10. The number of hydrogen-bond acceptors (Lipinski definition) is 12. The van der Waals surface area contributed by atoms with Crippen molar-refractivity contribution in [3.8, 4) is 0 Å². The number of benzene rings is 2. The molecule has 3 aromatic rings. The Morgan fingerprint density at radius 2 is 1.67 bits per heavy atom. The summed E-state index contributed by atoms with van der Waals surface area (Å²) < 4.78 is 31.8. The summed E-state index contributed by atoms with van der Waals surface area (Å²) in [5.41, 5.74) is 0.0291. The summed E-state index contributed by atoms with van der Waals surface area (Å²) in [7, 11) is 1.95. The van der Waals surface area contributed by atoms with Crippen LogP contribution in [0.4, 0.5) is 4.79 Å². The number of carbonyl (C=O) groups is 4. The number of rotatable bonds is 10. The number of alkyl carbamates (subject to hydrolysis) is 1. The summed E-state index contributed by atoms with van der Waals surface area (Å²) in [5, 5.41) is 15.8. The number of para-hydroxylation sites is 1. The normalized spacial score (nSPS) is 35.4. The van der Waals surface area contributed by atoms with Crippen molar-refractivity contribution in [2.24, 2.45) is 23.7 Å². The third-order valence-corrected chi connectivity index (χ3v) is 13.1. The van der Waals surface area contributed by atoms with Crippen molar-refractivity contribution in [1.82, 2.24) is 15.2 Å². The lowest BCUT2D eigenvalue weighted by atomic mass is 9.73. The van der Waals surface area contributed by atoms with Gasteiger partial charge in [0.25, 0.3) is 0 Å². The van der Waals surface area contributed by atoms with Crippen LogP contribution in [0, 0.1) is 23.7 Å². The Balaban J connectivity index is 1.37. The second kappa shape index (κ2) is 19.2. The van der Waals surface area contributed by atoms with Crippen LogP contribution in [0.1, 0.15) is 85.8 Å². The first-order valence-corrected chi connectivity index (χ1v) is 21.6. The van der Waals surface area contributed by atoms with Crippen LogP contribution in [0.3, 0.4) is 0 Å². The summed E-state index contributed by atoms with van der Waals surface area (Å²) >= 11 is 0. The molecule has 6 rings (SSSR count). The number of fused-ring (bicyclic) bond motifs is 2. The second-order valence-corrected chi connectivity index (χ2v) is 17.8. The molecule has 3 aliphatic rings. The van der Waals surface area contributed by atoms with Gasteiger partial charge in [-0.1, -0.05) is 88.4 Å². The van der Waals surface area contributed by atoms with Gasteiger partial charge in [-0.2, -0.15) is 0 Å². The molecule has 2 aromatic carbocycles. The number of amides is 1. The molecule has 1 unspecified atom stereocenters. The molecule has 61 heavy (non-hydrogen) atoms. The van der Waals surface area contributed by atoms with E-state index >= 15 is 0 Å². The summed E-state index contributed by atoms with van der Waals surface area (Å²) in [5.74, 6) is -5.21. The Labute approximate surface area is 359 Å².